The van der Waals surface area contributed by atoms with Gasteiger partial charge in [-0.3, -0.25) is 0 Å². The third kappa shape index (κ3) is 4.14. The number of rotatable bonds is 6. The molecule has 2 rings (SSSR count). The SMILES string of the molecule is Cc1ccc(OCc2occc2CNC(C)C)cc1. The van der Waals surface area contributed by atoms with Crippen LogP contribution in [0.3, 0.4) is 0 Å². The van der Waals surface area contributed by atoms with Crippen LogP contribution in [0, 0.1) is 6.92 Å². The largest absolute Gasteiger partial charge is 0.486 e. The van der Waals surface area contributed by atoms with Gasteiger partial charge in [-0.1, -0.05) is 31.5 Å². The first kappa shape index (κ1) is 13.7. The number of hydrogen-bond donors (Lipinski definition) is 1. The fourth-order valence-corrected chi connectivity index (χ4v) is 1.75. The highest BCUT2D eigenvalue weighted by atomic mass is 16.5. The van der Waals surface area contributed by atoms with Gasteiger partial charge in [0.25, 0.3) is 0 Å². The Morgan fingerprint density at radius 1 is 1.16 bits per heavy atom. The van der Waals surface area contributed by atoms with E-state index < -0.39 is 0 Å². The third-order valence-corrected chi connectivity index (χ3v) is 2.93. The number of aryl methyl sites for hydroxylation is 1. The predicted octanol–water partition coefficient (Wildman–Crippen LogP) is 3.67. The van der Waals surface area contributed by atoms with Crippen molar-refractivity contribution in [1.82, 2.24) is 5.32 Å². The highest BCUT2D eigenvalue weighted by molar-refractivity contribution is 5.26. The fourth-order valence-electron chi connectivity index (χ4n) is 1.75. The summed E-state index contributed by atoms with van der Waals surface area (Å²) in [5.41, 5.74) is 2.38. The van der Waals surface area contributed by atoms with E-state index in [2.05, 4.69) is 26.1 Å². The van der Waals surface area contributed by atoms with Crippen molar-refractivity contribution in [1.29, 1.82) is 0 Å². The van der Waals surface area contributed by atoms with Crippen molar-refractivity contribution in [2.75, 3.05) is 0 Å². The summed E-state index contributed by atoms with van der Waals surface area (Å²) in [5.74, 6) is 1.75. The first-order valence-electron chi connectivity index (χ1n) is 6.63. The van der Waals surface area contributed by atoms with E-state index in [9.17, 15) is 0 Å². The lowest BCUT2D eigenvalue weighted by atomic mass is 10.2. The van der Waals surface area contributed by atoms with E-state index in [-0.39, 0.29) is 0 Å². The maximum absolute atomic E-state index is 5.73. The van der Waals surface area contributed by atoms with Crippen LogP contribution < -0.4 is 10.1 Å². The average molecular weight is 259 g/mol. The van der Waals surface area contributed by atoms with Gasteiger partial charge in [-0.15, -0.1) is 0 Å². The van der Waals surface area contributed by atoms with Crippen molar-refractivity contribution >= 4 is 0 Å². The minimum absolute atomic E-state index is 0.459. The number of furan rings is 1. The van der Waals surface area contributed by atoms with Crippen LogP contribution in [0.2, 0.25) is 0 Å². The summed E-state index contributed by atoms with van der Waals surface area (Å²) < 4.78 is 11.2. The molecule has 0 saturated carbocycles. The second-order valence-electron chi connectivity index (χ2n) is 5.01. The molecule has 1 aromatic carbocycles. The van der Waals surface area contributed by atoms with Gasteiger partial charge in [0.1, 0.15) is 18.1 Å². The molecule has 0 saturated heterocycles. The Balaban J connectivity index is 1.92. The molecule has 3 heteroatoms. The molecule has 0 unspecified atom stereocenters. The van der Waals surface area contributed by atoms with E-state index in [4.69, 9.17) is 9.15 Å². The summed E-state index contributed by atoms with van der Waals surface area (Å²) in [5, 5.41) is 3.38. The van der Waals surface area contributed by atoms with Gasteiger partial charge in [0.2, 0.25) is 0 Å². The van der Waals surface area contributed by atoms with E-state index in [1.807, 2.05) is 30.3 Å². The van der Waals surface area contributed by atoms with Crippen molar-refractivity contribution in [3.8, 4) is 5.75 Å². The number of hydrogen-bond acceptors (Lipinski definition) is 3. The molecule has 1 heterocycles. The summed E-state index contributed by atoms with van der Waals surface area (Å²) in [6, 6.07) is 10.5. The molecular weight excluding hydrogens is 238 g/mol. The zero-order valence-electron chi connectivity index (χ0n) is 11.8. The minimum Gasteiger partial charge on any atom is -0.486 e. The summed E-state index contributed by atoms with van der Waals surface area (Å²) in [7, 11) is 0. The second kappa shape index (κ2) is 6.43. The minimum atomic E-state index is 0.459. The van der Waals surface area contributed by atoms with E-state index in [0.29, 0.717) is 12.6 Å². The normalized spacial score (nSPS) is 10.9. The monoisotopic (exact) mass is 259 g/mol. The van der Waals surface area contributed by atoms with Crippen molar-refractivity contribution in [3.63, 3.8) is 0 Å². The second-order valence-corrected chi connectivity index (χ2v) is 5.01. The Hall–Kier alpha value is -1.74. The molecule has 0 spiro atoms. The lowest BCUT2D eigenvalue weighted by Gasteiger charge is -2.09. The summed E-state index contributed by atoms with van der Waals surface area (Å²) in [6.07, 6.45) is 1.71. The Morgan fingerprint density at radius 3 is 2.58 bits per heavy atom. The first-order chi connectivity index (χ1) is 9.15. The zero-order chi connectivity index (χ0) is 13.7. The predicted molar refractivity (Wildman–Crippen MR) is 76.2 cm³/mol. The molecule has 0 amide bonds. The van der Waals surface area contributed by atoms with Gasteiger partial charge in [-0.25, -0.2) is 0 Å². The maximum atomic E-state index is 5.73. The van der Waals surface area contributed by atoms with Gasteiger partial charge in [-0.05, 0) is 25.1 Å². The molecule has 1 aromatic heterocycles. The van der Waals surface area contributed by atoms with Crippen LogP contribution in [0.5, 0.6) is 5.75 Å². The van der Waals surface area contributed by atoms with Crippen LogP contribution in [0.15, 0.2) is 41.0 Å². The first-order valence-corrected chi connectivity index (χ1v) is 6.63. The van der Waals surface area contributed by atoms with Crippen LogP contribution in [-0.4, -0.2) is 6.04 Å². The molecule has 0 aliphatic heterocycles. The summed E-state index contributed by atoms with van der Waals surface area (Å²) >= 11 is 0. The average Bonchev–Trinajstić information content (AvgIpc) is 2.83. The Labute approximate surface area is 114 Å². The van der Waals surface area contributed by atoms with Gasteiger partial charge < -0.3 is 14.5 Å². The van der Waals surface area contributed by atoms with E-state index >= 15 is 0 Å². The molecule has 19 heavy (non-hydrogen) atoms. The maximum Gasteiger partial charge on any atom is 0.146 e. The fraction of sp³-hybridized carbons (Fsp3) is 0.375. The van der Waals surface area contributed by atoms with E-state index in [1.54, 1.807) is 6.26 Å². The topological polar surface area (TPSA) is 34.4 Å². The van der Waals surface area contributed by atoms with Crippen LogP contribution in [0.25, 0.3) is 0 Å². The van der Waals surface area contributed by atoms with Crippen molar-refractivity contribution < 1.29 is 9.15 Å². The molecule has 0 atom stereocenters. The van der Waals surface area contributed by atoms with Crippen LogP contribution in [0.1, 0.15) is 30.7 Å². The van der Waals surface area contributed by atoms with E-state index in [0.717, 1.165) is 23.6 Å². The quantitative estimate of drug-likeness (QED) is 0.859. The summed E-state index contributed by atoms with van der Waals surface area (Å²) in [6.45, 7) is 7.59. The molecule has 3 nitrogen and oxygen atoms in total. The molecule has 0 radical (unpaired) electrons. The Bertz CT molecular complexity index is 500. The zero-order valence-corrected chi connectivity index (χ0v) is 11.8. The Morgan fingerprint density at radius 2 is 1.89 bits per heavy atom. The van der Waals surface area contributed by atoms with Crippen LogP contribution >= 0.6 is 0 Å². The number of benzene rings is 1. The lowest BCUT2D eigenvalue weighted by Crippen LogP contribution is -2.22. The third-order valence-electron chi connectivity index (χ3n) is 2.93. The van der Waals surface area contributed by atoms with Crippen LogP contribution in [-0.2, 0) is 13.2 Å². The molecule has 2 aromatic rings. The molecule has 0 aliphatic carbocycles. The molecule has 1 N–H and O–H groups in total. The number of nitrogens with one attached hydrogen (secondary N) is 1. The highest BCUT2D eigenvalue weighted by Gasteiger charge is 2.07. The number of ether oxygens (including phenoxy) is 1. The molecule has 0 fully saturated rings. The smallest absolute Gasteiger partial charge is 0.146 e. The standard InChI is InChI=1S/C16H21NO2/c1-12(2)17-10-14-8-9-18-16(14)11-19-15-6-4-13(3)5-7-15/h4-9,12,17H,10-11H2,1-3H3. The van der Waals surface area contributed by atoms with Crippen LogP contribution in [0.4, 0.5) is 0 Å². The van der Waals surface area contributed by atoms with Gasteiger partial charge in [-0.2, -0.15) is 0 Å². The molecular formula is C16H21NO2. The van der Waals surface area contributed by atoms with Gasteiger partial charge in [0.05, 0.1) is 6.26 Å². The highest BCUT2D eigenvalue weighted by Crippen LogP contribution is 2.16. The molecule has 0 bridgehead atoms. The van der Waals surface area contributed by atoms with E-state index in [1.165, 1.54) is 5.56 Å². The van der Waals surface area contributed by atoms with Crippen molar-refractivity contribution in [2.24, 2.45) is 0 Å². The molecule has 102 valence electrons. The Kier molecular flexibility index (Phi) is 4.63. The molecule has 0 aliphatic rings. The summed E-state index contributed by atoms with van der Waals surface area (Å²) in [4.78, 5) is 0. The van der Waals surface area contributed by atoms with Gasteiger partial charge in [0, 0.05) is 18.2 Å². The van der Waals surface area contributed by atoms with Crippen molar-refractivity contribution in [2.45, 2.75) is 40.0 Å². The van der Waals surface area contributed by atoms with Gasteiger partial charge >= 0.3 is 0 Å². The van der Waals surface area contributed by atoms with Crippen molar-refractivity contribution in [3.05, 3.63) is 53.5 Å². The lowest BCUT2D eigenvalue weighted by molar-refractivity contribution is 0.268. The van der Waals surface area contributed by atoms with Gasteiger partial charge in [0.15, 0.2) is 0 Å².